The van der Waals surface area contributed by atoms with E-state index in [0.717, 1.165) is 0 Å². The predicted molar refractivity (Wildman–Crippen MR) is 75.9 cm³/mol. The minimum atomic E-state index is -0.235. The second-order valence-electron chi connectivity index (χ2n) is 4.11. The minimum Gasteiger partial charge on any atom is -0.484 e. The number of H-pyrrole nitrogens is 1. The Balaban J connectivity index is 1.88. The molecule has 0 amide bonds. The zero-order valence-corrected chi connectivity index (χ0v) is 11.1. The largest absolute Gasteiger partial charge is 0.484 e. The molecule has 0 bridgehead atoms. The number of rotatable bonds is 3. The number of aromatic amines is 1. The van der Waals surface area contributed by atoms with Crippen molar-refractivity contribution in [1.82, 2.24) is 15.0 Å². The first-order valence-electron chi connectivity index (χ1n) is 5.95. The Morgan fingerprint density at radius 1 is 1.20 bits per heavy atom. The van der Waals surface area contributed by atoms with Gasteiger partial charge in [-0.1, -0.05) is 23.7 Å². The van der Waals surface area contributed by atoms with Crippen molar-refractivity contribution in [3.05, 3.63) is 63.8 Å². The molecule has 2 aromatic heterocycles. The van der Waals surface area contributed by atoms with Gasteiger partial charge in [0.15, 0.2) is 5.65 Å². The van der Waals surface area contributed by atoms with E-state index in [1.165, 1.54) is 0 Å². The summed E-state index contributed by atoms with van der Waals surface area (Å²) in [6, 6.07) is 10.5. The number of hydrogen-bond donors (Lipinski definition) is 1. The Labute approximate surface area is 119 Å². The first kappa shape index (κ1) is 12.6. The summed E-state index contributed by atoms with van der Waals surface area (Å²) in [5.41, 5.74) is 0.162. The highest BCUT2D eigenvalue weighted by Gasteiger charge is 2.06. The SMILES string of the molecule is O=c1[nH]c(COc2ccccc2Cl)nc2ncccc12. The lowest BCUT2D eigenvalue weighted by atomic mass is 10.3. The summed E-state index contributed by atoms with van der Waals surface area (Å²) in [6.07, 6.45) is 1.59. The van der Waals surface area contributed by atoms with Crippen LogP contribution in [0.1, 0.15) is 5.82 Å². The average Bonchev–Trinajstić information content (AvgIpc) is 2.46. The molecule has 0 saturated heterocycles. The molecule has 0 aliphatic rings. The zero-order valence-electron chi connectivity index (χ0n) is 10.3. The number of hydrogen-bond acceptors (Lipinski definition) is 4. The number of ether oxygens (including phenoxy) is 1. The van der Waals surface area contributed by atoms with Crippen molar-refractivity contribution < 1.29 is 4.74 Å². The van der Waals surface area contributed by atoms with Crippen LogP contribution in [0.3, 0.4) is 0 Å². The van der Waals surface area contributed by atoms with Gasteiger partial charge in [0.2, 0.25) is 0 Å². The molecule has 3 aromatic rings. The molecule has 5 nitrogen and oxygen atoms in total. The predicted octanol–water partition coefficient (Wildman–Crippen LogP) is 2.55. The van der Waals surface area contributed by atoms with Crippen molar-refractivity contribution in [2.45, 2.75) is 6.61 Å². The standard InChI is InChI=1S/C14H10ClN3O2/c15-10-5-1-2-6-11(10)20-8-12-17-13-9(14(19)18-12)4-3-7-16-13/h1-7H,8H2,(H,16,17,18,19). The lowest BCUT2D eigenvalue weighted by molar-refractivity contribution is 0.296. The topological polar surface area (TPSA) is 67.9 Å². The van der Waals surface area contributed by atoms with Crippen molar-refractivity contribution in [2.75, 3.05) is 0 Å². The lowest BCUT2D eigenvalue weighted by Crippen LogP contribution is -2.14. The molecule has 6 heteroatoms. The van der Waals surface area contributed by atoms with Crippen LogP contribution in [0.5, 0.6) is 5.75 Å². The van der Waals surface area contributed by atoms with Crippen molar-refractivity contribution >= 4 is 22.6 Å². The van der Waals surface area contributed by atoms with Crippen LogP contribution < -0.4 is 10.3 Å². The molecule has 0 spiro atoms. The maximum Gasteiger partial charge on any atom is 0.260 e. The molecule has 2 heterocycles. The van der Waals surface area contributed by atoms with E-state index in [-0.39, 0.29) is 12.2 Å². The van der Waals surface area contributed by atoms with Gasteiger partial charge in [-0.2, -0.15) is 0 Å². The summed E-state index contributed by atoms with van der Waals surface area (Å²) < 4.78 is 5.53. The minimum absolute atomic E-state index is 0.117. The third kappa shape index (κ3) is 2.48. The molecule has 1 N–H and O–H groups in total. The van der Waals surface area contributed by atoms with Crippen molar-refractivity contribution in [3.63, 3.8) is 0 Å². The quantitative estimate of drug-likeness (QED) is 0.804. The van der Waals surface area contributed by atoms with Crippen molar-refractivity contribution in [2.24, 2.45) is 0 Å². The molecule has 3 rings (SSSR count). The molecular formula is C14H10ClN3O2. The lowest BCUT2D eigenvalue weighted by Gasteiger charge is -2.07. The van der Waals surface area contributed by atoms with E-state index in [9.17, 15) is 4.79 Å². The van der Waals surface area contributed by atoms with E-state index in [2.05, 4.69) is 15.0 Å². The van der Waals surface area contributed by atoms with Crippen LogP contribution >= 0.6 is 11.6 Å². The van der Waals surface area contributed by atoms with Crippen LogP contribution in [0.2, 0.25) is 5.02 Å². The van der Waals surface area contributed by atoms with E-state index < -0.39 is 0 Å². The summed E-state index contributed by atoms with van der Waals surface area (Å²) in [7, 11) is 0. The van der Waals surface area contributed by atoms with Gasteiger partial charge in [0.25, 0.3) is 5.56 Å². The van der Waals surface area contributed by atoms with Crippen LogP contribution in [0.25, 0.3) is 11.0 Å². The summed E-state index contributed by atoms with van der Waals surface area (Å²) in [4.78, 5) is 22.8. The monoisotopic (exact) mass is 287 g/mol. The first-order valence-corrected chi connectivity index (χ1v) is 6.33. The van der Waals surface area contributed by atoms with Gasteiger partial charge in [-0.05, 0) is 24.3 Å². The Morgan fingerprint density at radius 3 is 2.90 bits per heavy atom. The molecule has 0 fully saturated rings. The van der Waals surface area contributed by atoms with Gasteiger partial charge in [0.1, 0.15) is 18.2 Å². The fourth-order valence-corrected chi connectivity index (χ4v) is 1.98. The molecule has 20 heavy (non-hydrogen) atoms. The number of pyridine rings is 1. The van der Waals surface area contributed by atoms with Crippen molar-refractivity contribution in [3.8, 4) is 5.75 Å². The molecule has 1 aromatic carbocycles. The van der Waals surface area contributed by atoms with E-state index >= 15 is 0 Å². The van der Waals surface area contributed by atoms with Gasteiger partial charge in [-0.15, -0.1) is 0 Å². The fraction of sp³-hybridized carbons (Fsp3) is 0.0714. The molecule has 0 aliphatic carbocycles. The smallest absolute Gasteiger partial charge is 0.260 e. The number of aromatic nitrogens is 3. The van der Waals surface area contributed by atoms with E-state index in [1.807, 2.05) is 12.1 Å². The van der Waals surface area contributed by atoms with E-state index in [4.69, 9.17) is 16.3 Å². The number of nitrogens with zero attached hydrogens (tertiary/aromatic N) is 2. The number of nitrogens with one attached hydrogen (secondary N) is 1. The summed E-state index contributed by atoms with van der Waals surface area (Å²) in [5, 5.41) is 0.961. The highest BCUT2D eigenvalue weighted by molar-refractivity contribution is 6.32. The summed E-state index contributed by atoms with van der Waals surface area (Å²) in [6.45, 7) is 0.117. The molecular weight excluding hydrogens is 278 g/mol. The molecule has 0 aliphatic heterocycles. The molecule has 0 atom stereocenters. The third-order valence-electron chi connectivity index (χ3n) is 2.73. The Hall–Kier alpha value is -2.40. The van der Waals surface area contributed by atoms with Crippen LogP contribution in [0, 0.1) is 0 Å². The molecule has 100 valence electrons. The maximum atomic E-state index is 11.9. The van der Waals surface area contributed by atoms with Gasteiger partial charge in [-0.3, -0.25) is 4.79 Å². The molecule has 0 unspecified atom stereocenters. The normalized spacial score (nSPS) is 10.7. The average molecular weight is 288 g/mol. The summed E-state index contributed by atoms with van der Waals surface area (Å²) in [5.74, 6) is 0.944. The Morgan fingerprint density at radius 2 is 2.05 bits per heavy atom. The van der Waals surface area contributed by atoms with E-state index in [1.54, 1.807) is 30.5 Å². The van der Waals surface area contributed by atoms with Gasteiger partial charge < -0.3 is 9.72 Å². The Kier molecular flexibility index (Phi) is 3.35. The first-order chi connectivity index (χ1) is 9.74. The maximum absolute atomic E-state index is 11.9. The van der Waals surface area contributed by atoms with Gasteiger partial charge in [0, 0.05) is 6.20 Å². The Bertz CT molecular complexity index is 817. The highest BCUT2D eigenvalue weighted by atomic mass is 35.5. The number of fused-ring (bicyclic) bond motifs is 1. The highest BCUT2D eigenvalue weighted by Crippen LogP contribution is 2.23. The number of halogens is 1. The summed E-state index contributed by atoms with van der Waals surface area (Å²) >= 11 is 5.99. The second-order valence-corrected chi connectivity index (χ2v) is 4.51. The third-order valence-corrected chi connectivity index (χ3v) is 3.04. The van der Waals surface area contributed by atoms with Crippen LogP contribution in [0.4, 0.5) is 0 Å². The van der Waals surface area contributed by atoms with Crippen molar-refractivity contribution in [1.29, 1.82) is 0 Å². The van der Waals surface area contributed by atoms with Crippen LogP contribution in [0.15, 0.2) is 47.4 Å². The van der Waals surface area contributed by atoms with Gasteiger partial charge >= 0.3 is 0 Å². The number of benzene rings is 1. The van der Waals surface area contributed by atoms with Crippen LogP contribution in [-0.4, -0.2) is 15.0 Å². The van der Waals surface area contributed by atoms with Gasteiger partial charge in [0.05, 0.1) is 10.4 Å². The fourth-order valence-electron chi connectivity index (χ4n) is 1.79. The van der Waals surface area contributed by atoms with E-state index in [0.29, 0.717) is 27.6 Å². The number of para-hydroxylation sites is 1. The molecule has 0 saturated carbocycles. The molecule has 0 radical (unpaired) electrons. The van der Waals surface area contributed by atoms with Gasteiger partial charge in [-0.25, -0.2) is 9.97 Å². The second kappa shape index (κ2) is 5.30. The van der Waals surface area contributed by atoms with Crippen LogP contribution in [-0.2, 0) is 6.61 Å². The zero-order chi connectivity index (χ0) is 13.9.